The van der Waals surface area contributed by atoms with Gasteiger partial charge in [0.15, 0.2) is 11.5 Å². The van der Waals surface area contributed by atoms with Gasteiger partial charge in [0.2, 0.25) is 0 Å². The van der Waals surface area contributed by atoms with Gasteiger partial charge in [0.05, 0.1) is 6.16 Å². The second-order valence-corrected chi connectivity index (χ2v) is 6.57. The fraction of sp³-hybridized carbons (Fsp3) is 0.250. The van der Waals surface area contributed by atoms with Crippen LogP contribution in [0.1, 0.15) is 6.42 Å². The minimum absolute atomic E-state index is 0.0283. The summed E-state index contributed by atoms with van der Waals surface area (Å²) in [7, 11) is -2.19. The van der Waals surface area contributed by atoms with E-state index in [1.807, 2.05) is 18.2 Å². The number of hydrogen-bond acceptors (Lipinski definition) is 4. The van der Waals surface area contributed by atoms with Gasteiger partial charge in [0.1, 0.15) is 5.75 Å². The van der Waals surface area contributed by atoms with E-state index in [0.29, 0.717) is 24.5 Å². The third-order valence-electron chi connectivity index (χ3n) is 2.85. The number of methoxy groups -OCH3 is 1. The van der Waals surface area contributed by atoms with Gasteiger partial charge in [-0.25, -0.2) is 4.57 Å². The summed E-state index contributed by atoms with van der Waals surface area (Å²) in [6.07, 6.45) is 0.479. The topological polar surface area (TPSA) is 65.0 Å². The number of benzene rings is 2. The van der Waals surface area contributed by atoms with Crippen LogP contribution in [-0.2, 0) is 9.30 Å². The lowest BCUT2D eigenvalue weighted by atomic mass is 10.3. The number of para-hydroxylation sites is 3. The zero-order chi connectivity index (χ0) is 15.8. The van der Waals surface area contributed by atoms with Gasteiger partial charge in [-0.2, -0.15) is 0 Å². The molecule has 0 aromatic heterocycles. The molecule has 0 aliphatic rings. The van der Waals surface area contributed by atoms with Crippen molar-refractivity contribution in [2.75, 3.05) is 19.9 Å². The second-order valence-electron chi connectivity index (χ2n) is 4.66. The lowest BCUT2D eigenvalue weighted by molar-refractivity contribution is 0.198. The standard InChI is InChI=1S/C16H19O5P/c1-19-12-7-13-22(17,18)21-16-11-6-5-10-15(16)20-14-8-3-2-4-9-14/h2-6,8-11H,7,12-13H2,1H3,(H,17,18). The largest absolute Gasteiger partial charge is 0.453 e. The molecular weight excluding hydrogens is 303 g/mol. The average molecular weight is 322 g/mol. The van der Waals surface area contributed by atoms with Gasteiger partial charge in [0.25, 0.3) is 0 Å². The van der Waals surface area contributed by atoms with E-state index in [9.17, 15) is 9.46 Å². The van der Waals surface area contributed by atoms with Crippen LogP contribution in [0.25, 0.3) is 0 Å². The highest BCUT2D eigenvalue weighted by atomic mass is 31.2. The molecule has 2 aromatic rings. The summed E-state index contributed by atoms with van der Waals surface area (Å²) in [6.45, 7) is 0.413. The fourth-order valence-corrected chi connectivity index (χ4v) is 2.91. The molecule has 2 aromatic carbocycles. The summed E-state index contributed by atoms with van der Waals surface area (Å²) < 4.78 is 27.9. The van der Waals surface area contributed by atoms with Gasteiger partial charge < -0.3 is 18.9 Å². The van der Waals surface area contributed by atoms with Crippen molar-refractivity contribution < 1.29 is 23.5 Å². The van der Waals surface area contributed by atoms with Crippen molar-refractivity contribution in [2.45, 2.75) is 6.42 Å². The van der Waals surface area contributed by atoms with E-state index in [-0.39, 0.29) is 11.9 Å². The van der Waals surface area contributed by atoms with Gasteiger partial charge in [0, 0.05) is 13.7 Å². The Hall–Kier alpha value is -1.81. The van der Waals surface area contributed by atoms with Crippen LogP contribution in [0.4, 0.5) is 0 Å². The second kappa shape index (κ2) is 7.99. The molecule has 0 saturated heterocycles. The quantitative estimate of drug-likeness (QED) is 0.586. The Labute approximate surface area is 130 Å². The number of rotatable bonds is 8. The predicted molar refractivity (Wildman–Crippen MR) is 84.8 cm³/mol. The van der Waals surface area contributed by atoms with Gasteiger partial charge >= 0.3 is 7.60 Å². The molecule has 6 heteroatoms. The van der Waals surface area contributed by atoms with E-state index in [2.05, 4.69) is 0 Å². The maximum Gasteiger partial charge on any atom is 0.376 e. The normalized spacial score (nSPS) is 13.4. The molecule has 1 unspecified atom stereocenters. The molecule has 0 spiro atoms. The lowest BCUT2D eigenvalue weighted by Gasteiger charge is -2.16. The first kappa shape index (κ1) is 16.6. The molecule has 0 bridgehead atoms. The first-order valence-corrected chi connectivity index (χ1v) is 8.69. The van der Waals surface area contributed by atoms with E-state index < -0.39 is 7.60 Å². The SMILES string of the molecule is COCCCP(=O)(O)Oc1ccccc1Oc1ccccc1. The monoisotopic (exact) mass is 322 g/mol. The Morgan fingerprint density at radius 3 is 2.32 bits per heavy atom. The van der Waals surface area contributed by atoms with Crippen LogP contribution in [0.2, 0.25) is 0 Å². The molecule has 22 heavy (non-hydrogen) atoms. The smallest absolute Gasteiger partial charge is 0.376 e. The van der Waals surface area contributed by atoms with Crippen LogP contribution in [0.5, 0.6) is 17.2 Å². The Bertz CT molecular complexity index is 629. The molecule has 5 nitrogen and oxygen atoms in total. The maximum absolute atomic E-state index is 12.1. The third kappa shape index (κ3) is 5.19. The summed E-state index contributed by atoms with van der Waals surface area (Å²) in [4.78, 5) is 9.91. The molecule has 0 saturated carbocycles. The first-order valence-electron chi connectivity index (χ1n) is 6.93. The molecule has 0 radical (unpaired) electrons. The highest BCUT2D eigenvalue weighted by molar-refractivity contribution is 7.53. The molecule has 1 N–H and O–H groups in total. The molecule has 0 aliphatic heterocycles. The Kier molecular flexibility index (Phi) is 6.01. The summed E-state index contributed by atoms with van der Waals surface area (Å²) in [5.41, 5.74) is 0. The van der Waals surface area contributed by atoms with E-state index in [1.165, 1.54) is 0 Å². The predicted octanol–water partition coefficient (Wildman–Crippen LogP) is 4.08. The van der Waals surface area contributed by atoms with Crippen molar-refractivity contribution in [2.24, 2.45) is 0 Å². The minimum atomic E-state index is -3.74. The highest BCUT2D eigenvalue weighted by Crippen LogP contribution is 2.46. The zero-order valence-corrected chi connectivity index (χ0v) is 13.2. The first-order chi connectivity index (χ1) is 10.6. The van der Waals surface area contributed by atoms with Crippen molar-refractivity contribution in [3.8, 4) is 17.2 Å². The minimum Gasteiger partial charge on any atom is -0.453 e. The summed E-state index contributed by atoms with van der Waals surface area (Å²) in [5.74, 6) is 1.27. The summed E-state index contributed by atoms with van der Waals surface area (Å²) in [6, 6.07) is 16.0. The van der Waals surface area contributed by atoms with Crippen LogP contribution in [0.3, 0.4) is 0 Å². The number of ether oxygens (including phenoxy) is 2. The fourth-order valence-electron chi connectivity index (χ4n) is 1.83. The van der Waals surface area contributed by atoms with Crippen LogP contribution in [-0.4, -0.2) is 24.8 Å². The lowest BCUT2D eigenvalue weighted by Crippen LogP contribution is -2.01. The van der Waals surface area contributed by atoms with Gasteiger partial charge in [-0.1, -0.05) is 30.3 Å². The van der Waals surface area contributed by atoms with Gasteiger partial charge in [-0.3, -0.25) is 0 Å². The molecule has 0 heterocycles. The van der Waals surface area contributed by atoms with E-state index in [0.717, 1.165) is 0 Å². The Balaban J connectivity index is 2.09. The average Bonchev–Trinajstić information content (AvgIpc) is 2.50. The van der Waals surface area contributed by atoms with Gasteiger partial charge in [-0.05, 0) is 30.7 Å². The van der Waals surface area contributed by atoms with Crippen molar-refractivity contribution >= 4 is 7.60 Å². The summed E-state index contributed by atoms with van der Waals surface area (Å²) >= 11 is 0. The molecule has 2 rings (SSSR count). The molecule has 1 atom stereocenters. The Morgan fingerprint density at radius 2 is 1.64 bits per heavy atom. The van der Waals surface area contributed by atoms with Crippen LogP contribution < -0.4 is 9.26 Å². The van der Waals surface area contributed by atoms with Crippen molar-refractivity contribution in [3.05, 3.63) is 54.6 Å². The van der Waals surface area contributed by atoms with Crippen LogP contribution in [0.15, 0.2) is 54.6 Å². The molecule has 118 valence electrons. The molecule has 0 amide bonds. The molecular formula is C16H19O5P. The van der Waals surface area contributed by atoms with Crippen LogP contribution >= 0.6 is 7.60 Å². The van der Waals surface area contributed by atoms with Crippen LogP contribution in [0, 0.1) is 0 Å². The summed E-state index contributed by atoms with van der Waals surface area (Å²) in [5, 5.41) is 0. The van der Waals surface area contributed by atoms with Crippen molar-refractivity contribution in [1.29, 1.82) is 0 Å². The van der Waals surface area contributed by atoms with Crippen molar-refractivity contribution in [3.63, 3.8) is 0 Å². The number of hydrogen-bond donors (Lipinski definition) is 1. The molecule has 0 fully saturated rings. The maximum atomic E-state index is 12.1. The van der Waals surface area contributed by atoms with Crippen molar-refractivity contribution in [1.82, 2.24) is 0 Å². The molecule has 0 aliphatic carbocycles. The Morgan fingerprint density at radius 1 is 1.00 bits per heavy atom. The van der Waals surface area contributed by atoms with E-state index >= 15 is 0 Å². The highest BCUT2D eigenvalue weighted by Gasteiger charge is 2.22. The van der Waals surface area contributed by atoms with Gasteiger partial charge in [-0.15, -0.1) is 0 Å². The zero-order valence-electron chi connectivity index (χ0n) is 12.3. The van der Waals surface area contributed by atoms with E-state index in [4.69, 9.17) is 14.0 Å². The van der Waals surface area contributed by atoms with E-state index in [1.54, 1.807) is 43.5 Å². The third-order valence-corrected chi connectivity index (χ3v) is 4.21.